The lowest BCUT2D eigenvalue weighted by atomic mass is 9.84. The van der Waals surface area contributed by atoms with Crippen LogP contribution >= 0.6 is 11.6 Å². The van der Waals surface area contributed by atoms with Gasteiger partial charge in [-0.25, -0.2) is 4.98 Å². The highest BCUT2D eigenvalue weighted by atomic mass is 35.5. The Morgan fingerprint density at radius 1 is 1.12 bits per heavy atom. The van der Waals surface area contributed by atoms with Crippen LogP contribution in [0, 0.1) is 0 Å². The summed E-state index contributed by atoms with van der Waals surface area (Å²) in [5.41, 5.74) is 0.660. The van der Waals surface area contributed by atoms with E-state index in [2.05, 4.69) is 15.2 Å². The van der Waals surface area contributed by atoms with E-state index in [1.54, 1.807) is 6.20 Å². The molecule has 1 unspecified atom stereocenters. The van der Waals surface area contributed by atoms with Gasteiger partial charge in [0, 0.05) is 50.8 Å². The number of fused-ring (bicyclic) bond motifs is 1. The molecule has 5 rings (SSSR count). The average Bonchev–Trinajstić information content (AvgIpc) is 3.44. The molecule has 2 aromatic rings. The zero-order valence-electron chi connectivity index (χ0n) is 18.4. The Bertz CT molecular complexity index is 1040. The highest BCUT2D eigenvalue weighted by Gasteiger charge is 2.38. The fraction of sp³-hybridized carbons (Fsp3) is 0.458. The van der Waals surface area contributed by atoms with Gasteiger partial charge in [0.05, 0.1) is 5.02 Å². The molecule has 2 saturated heterocycles. The van der Waals surface area contributed by atoms with Gasteiger partial charge in [0.2, 0.25) is 18.6 Å². The van der Waals surface area contributed by atoms with Crippen molar-refractivity contribution in [3.05, 3.63) is 47.1 Å². The third kappa shape index (κ3) is 4.85. The molecule has 4 heterocycles. The van der Waals surface area contributed by atoms with Crippen molar-refractivity contribution in [2.24, 2.45) is 0 Å². The molecule has 1 N–H and O–H groups in total. The van der Waals surface area contributed by atoms with Crippen LogP contribution in [0.5, 0.6) is 11.5 Å². The van der Waals surface area contributed by atoms with E-state index < -0.39 is 5.54 Å². The molecule has 0 bridgehead atoms. The number of amides is 2. The van der Waals surface area contributed by atoms with Gasteiger partial charge >= 0.3 is 0 Å². The first kappa shape index (κ1) is 21.8. The van der Waals surface area contributed by atoms with E-state index in [1.165, 1.54) is 0 Å². The summed E-state index contributed by atoms with van der Waals surface area (Å²) in [6.07, 6.45) is 4.55. The number of hydrogen-bond donors (Lipinski definition) is 1. The van der Waals surface area contributed by atoms with Crippen LogP contribution in [-0.2, 0) is 16.0 Å². The molecule has 0 aliphatic carbocycles. The van der Waals surface area contributed by atoms with Gasteiger partial charge in [0.25, 0.3) is 0 Å². The molecule has 8 nitrogen and oxygen atoms in total. The van der Waals surface area contributed by atoms with Crippen molar-refractivity contribution in [3.8, 4) is 11.5 Å². The largest absolute Gasteiger partial charge is 0.454 e. The molecule has 1 atom stereocenters. The maximum absolute atomic E-state index is 13.0. The predicted molar refractivity (Wildman–Crippen MR) is 124 cm³/mol. The van der Waals surface area contributed by atoms with Gasteiger partial charge < -0.3 is 24.6 Å². The summed E-state index contributed by atoms with van der Waals surface area (Å²) in [5, 5.41) is 3.78. The summed E-state index contributed by atoms with van der Waals surface area (Å²) in [6, 6.07) is 9.62. The quantitative estimate of drug-likeness (QED) is 0.699. The smallest absolute Gasteiger partial charge is 0.231 e. The van der Waals surface area contributed by atoms with Crippen LogP contribution in [-0.4, -0.2) is 60.2 Å². The van der Waals surface area contributed by atoms with Crippen molar-refractivity contribution in [3.63, 3.8) is 0 Å². The van der Waals surface area contributed by atoms with Crippen LogP contribution in [0.2, 0.25) is 5.02 Å². The minimum absolute atomic E-state index is 0.0484. The van der Waals surface area contributed by atoms with Crippen LogP contribution < -0.4 is 19.7 Å². The van der Waals surface area contributed by atoms with Crippen molar-refractivity contribution < 1.29 is 19.1 Å². The second kappa shape index (κ2) is 9.09. The Kier molecular flexibility index (Phi) is 6.01. The van der Waals surface area contributed by atoms with Gasteiger partial charge in [-0.1, -0.05) is 17.7 Å². The summed E-state index contributed by atoms with van der Waals surface area (Å²) in [4.78, 5) is 33.6. The van der Waals surface area contributed by atoms with E-state index in [-0.39, 0.29) is 18.6 Å². The number of pyridine rings is 1. The van der Waals surface area contributed by atoms with E-state index in [9.17, 15) is 9.59 Å². The van der Waals surface area contributed by atoms with Gasteiger partial charge in [0.15, 0.2) is 11.5 Å². The zero-order chi connectivity index (χ0) is 22.8. The first-order valence-corrected chi connectivity index (χ1v) is 11.7. The Balaban J connectivity index is 1.18. The number of nitrogens with one attached hydrogen (secondary N) is 1. The fourth-order valence-electron chi connectivity index (χ4n) is 4.87. The Hall–Kier alpha value is -3.00. The highest BCUT2D eigenvalue weighted by Crippen LogP contribution is 2.36. The van der Waals surface area contributed by atoms with Crippen molar-refractivity contribution in [1.82, 2.24) is 15.2 Å². The molecule has 3 aliphatic heterocycles. The number of anilines is 1. The lowest BCUT2D eigenvalue weighted by molar-refractivity contribution is -0.132. The number of piperazine rings is 1. The van der Waals surface area contributed by atoms with E-state index in [0.717, 1.165) is 42.4 Å². The average molecular weight is 471 g/mol. The molecule has 2 fully saturated rings. The highest BCUT2D eigenvalue weighted by molar-refractivity contribution is 6.30. The van der Waals surface area contributed by atoms with E-state index >= 15 is 0 Å². The summed E-state index contributed by atoms with van der Waals surface area (Å²) < 4.78 is 10.9. The topological polar surface area (TPSA) is 84.0 Å². The monoisotopic (exact) mass is 470 g/mol. The molecule has 3 aliphatic rings. The third-order valence-electron chi connectivity index (χ3n) is 6.70. The van der Waals surface area contributed by atoms with E-state index in [0.29, 0.717) is 43.8 Å². The SMILES string of the molecule is O=C1CCC(CCC(=O)N2CCN(c3ccc(Cl)cn3)CC2)(Cc2ccc3c(c2)OCO3)N1. The molecule has 2 amide bonds. The standard InChI is InChI=1S/C24H27ClN4O4/c25-18-2-4-21(26-15-18)28-9-11-29(12-10-28)23(31)6-8-24(7-5-22(30)27-24)14-17-1-3-19-20(13-17)33-16-32-19/h1-4,13,15H,5-12,14,16H2,(H,27,30). The van der Waals surface area contributed by atoms with E-state index in [1.807, 2.05) is 35.2 Å². The maximum atomic E-state index is 13.0. The fourth-order valence-corrected chi connectivity index (χ4v) is 4.98. The van der Waals surface area contributed by atoms with Crippen LogP contribution in [0.1, 0.15) is 31.2 Å². The molecular formula is C24H27ClN4O4. The predicted octanol–water partition coefficient (Wildman–Crippen LogP) is 2.78. The van der Waals surface area contributed by atoms with Crippen molar-refractivity contribution in [2.45, 2.75) is 37.6 Å². The molecule has 0 saturated carbocycles. The number of rotatable bonds is 6. The Labute approximate surface area is 197 Å². The van der Waals surface area contributed by atoms with Gasteiger partial charge in [-0.05, 0) is 49.1 Å². The molecule has 9 heteroatoms. The normalized spacial score (nSPS) is 21.9. The molecule has 174 valence electrons. The number of carbonyl (C=O) groups is 2. The Morgan fingerprint density at radius 2 is 1.94 bits per heavy atom. The lowest BCUT2D eigenvalue weighted by Crippen LogP contribution is -2.50. The molecule has 33 heavy (non-hydrogen) atoms. The molecule has 1 aromatic carbocycles. The molecule has 0 radical (unpaired) electrons. The van der Waals surface area contributed by atoms with E-state index in [4.69, 9.17) is 21.1 Å². The number of ether oxygens (including phenoxy) is 2. The van der Waals surface area contributed by atoms with Crippen LogP contribution in [0.15, 0.2) is 36.5 Å². The minimum Gasteiger partial charge on any atom is -0.454 e. The maximum Gasteiger partial charge on any atom is 0.231 e. The number of hydrogen-bond acceptors (Lipinski definition) is 6. The van der Waals surface area contributed by atoms with Gasteiger partial charge in [-0.3, -0.25) is 9.59 Å². The number of carbonyl (C=O) groups excluding carboxylic acids is 2. The first-order valence-electron chi connectivity index (χ1n) is 11.3. The van der Waals surface area contributed by atoms with Crippen molar-refractivity contribution in [1.29, 1.82) is 0 Å². The molecular weight excluding hydrogens is 444 g/mol. The third-order valence-corrected chi connectivity index (χ3v) is 6.92. The second-order valence-electron chi connectivity index (χ2n) is 8.90. The number of halogens is 1. The van der Waals surface area contributed by atoms with Gasteiger partial charge in [0.1, 0.15) is 5.82 Å². The van der Waals surface area contributed by atoms with Crippen LogP contribution in [0.25, 0.3) is 0 Å². The van der Waals surface area contributed by atoms with Gasteiger partial charge in [-0.2, -0.15) is 0 Å². The number of benzene rings is 1. The first-order chi connectivity index (χ1) is 16.0. The summed E-state index contributed by atoms with van der Waals surface area (Å²) >= 11 is 5.93. The van der Waals surface area contributed by atoms with Crippen LogP contribution in [0.4, 0.5) is 5.82 Å². The second-order valence-corrected chi connectivity index (χ2v) is 9.33. The summed E-state index contributed by atoms with van der Waals surface area (Å²) in [7, 11) is 0. The molecule has 0 spiro atoms. The lowest BCUT2D eigenvalue weighted by Gasteiger charge is -2.36. The Morgan fingerprint density at radius 3 is 2.67 bits per heavy atom. The minimum atomic E-state index is -0.407. The van der Waals surface area contributed by atoms with Crippen molar-refractivity contribution >= 4 is 29.2 Å². The summed E-state index contributed by atoms with van der Waals surface area (Å²) in [5.74, 6) is 2.53. The van der Waals surface area contributed by atoms with Gasteiger partial charge in [-0.15, -0.1) is 0 Å². The number of aromatic nitrogens is 1. The number of nitrogens with zero attached hydrogens (tertiary/aromatic N) is 3. The molecule has 1 aromatic heterocycles. The van der Waals surface area contributed by atoms with Crippen molar-refractivity contribution in [2.75, 3.05) is 37.9 Å². The van der Waals surface area contributed by atoms with Crippen LogP contribution in [0.3, 0.4) is 0 Å². The summed E-state index contributed by atoms with van der Waals surface area (Å²) in [6.45, 7) is 3.02. The zero-order valence-corrected chi connectivity index (χ0v) is 19.1.